The molecule has 4 N–H and O–H groups in total. The van der Waals surface area contributed by atoms with Crippen LogP contribution in [0.15, 0.2) is 0 Å². The first-order valence-electron chi connectivity index (χ1n) is 11.9. The maximum absolute atomic E-state index is 12.3. The lowest BCUT2D eigenvalue weighted by atomic mass is 9.88. The van der Waals surface area contributed by atoms with Gasteiger partial charge in [-0.1, -0.05) is 13.8 Å². The summed E-state index contributed by atoms with van der Waals surface area (Å²) >= 11 is 0. The third-order valence-corrected chi connectivity index (χ3v) is 7.56. The average Bonchev–Trinajstić information content (AvgIpc) is 3.34. The number of hydroxylamine groups is 1. The molecule has 30 heavy (non-hydrogen) atoms. The van der Waals surface area contributed by atoms with Crippen LogP contribution in [0.1, 0.15) is 39.5 Å². The Bertz CT molecular complexity index is 610. The van der Waals surface area contributed by atoms with Crippen LogP contribution in [0.4, 0.5) is 0 Å². The van der Waals surface area contributed by atoms with E-state index in [1.54, 1.807) is 0 Å². The zero-order valence-corrected chi connectivity index (χ0v) is 18.3. The summed E-state index contributed by atoms with van der Waals surface area (Å²) in [6.07, 6.45) is 4.03. The van der Waals surface area contributed by atoms with Crippen LogP contribution in [0, 0.1) is 17.8 Å². The van der Waals surface area contributed by atoms with Crippen molar-refractivity contribution in [3.63, 3.8) is 0 Å². The van der Waals surface area contributed by atoms with E-state index in [2.05, 4.69) is 40.4 Å². The normalized spacial score (nSPS) is 38.8. The number of hydrazine groups is 1. The van der Waals surface area contributed by atoms with E-state index in [1.807, 2.05) is 4.90 Å². The van der Waals surface area contributed by atoms with Gasteiger partial charge in [0.05, 0.1) is 25.4 Å². The van der Waals surface area contributed by atoms with Crippen LogP contribution in [-0.4, -0.2) is 85.7 Å². The maximum atomic E-state index is 12.3. The minimum absolute atomic E-state index is 0.0316. The number of fused-ring (bicyclic) bond motifs is 1. The van der Waals surface area contributed by atoms with Crippen molar-refractivity contribution >= 4 is 5.91 Å². The summed E-state index contributed by atoms with van der Waals surface area (Å²) in [5, 5.41) is 9.88. The molecule has 0 radical (unpaired) electrons. The smallest absolute Gasteiger partial charge is 0.222 e. The van der Waals surface area contributed by atoms with Gasteiger partial charge < -0.3 is 15.0 Å². The molecule has 5 heterocycles. The summed E-state index contributed by atoms with van der Waals surface area (Å²) < 4.78 is 5.40. The number of carbonyl (C=O) groups excluding carboxylic acids is 1. The van der Waals surface area contributed by atoms with Gasteiger partial charge in [0.1, 0.15) is 6.23 Å². The third kappa shape index (κ3) is 4.26. The number of nitrogens with one attached hydrogen (secondary N) is 4. The molecule has 5 aliphatic heterocycles. The number of hydrogen-bond acceptors (Lipinski definition) is 8. The minimum atomic E-state index is 0.0316. The Morgan fingerprint density at radius 1 is 1.13 bits per heavy atom. The standard InChI is InChI=1S/C21H38N6O3/c1-13(2)7-19(28)26-5-3-14(4-6-26)20-24-21(30-25-20)15-8-18-17(22-9-15)10-23-27(18)16-11-29-12-16/h13-18,20-25H,3-12H2,1-2H3. The van der Waals surface area contributed by atoms with Crippen molar-refractivity contribution in [3.8, 4) is 0 Å². The van der Waals surface area contributed by atoms with Crippen molar-refractivity contribution in [1.29, 1.82) is 0 Å². The van der Waals surface area contributed by atoms with Crippen molar-refractivity contribution in [2.75, 3.05) is 39.4 Å². The van der Waals surface area contributed by atoms with Gasteiger partial charge in [0.15, 0.2) is 0 Å². The summed E-state index contributed by atoms with van der Waals surface area (Å²) in [6, 6.07) is 1.52. The average molecular weight is 423 g/mol. The zero-order chi connectivity index (χ0) is 20.7. The van der Waals surface area contributed by atoms with E-state index in [4.69, 9.17) is 9.57 Å². The van der Waals surface area contributed by atoms with Crippen LogP contribution in [0.5, 0.6) is 0 Å². The first kappa shape index (κ1) is 21.1. The predicted molar refractivity (Wildman–Crippen MR) is 112 cm³/mol. The molecular weight excluding hydrogens is 384 g/mol. The monoisotopic (exact) mass is 422 g/mol. The molecule has 0 aliphatic carbocycles. The molecule has 0 aromatic rings. The van der Waals surface area contributed by atoms with Gasteiger partial charge in [-0.3, -0.25) is 20.4 Å². The highest BCUT2D eigenvalue weighted by atomic mass is 16.7. The Morgan fingerprint density at radius 3 is 2.63 bits per heavy atom. The topological polar surface area (TPSA) is 90.1 Å². The Morgan fingerprint density at radius 2 is 1.93 bits per heavy atom. The fraction of sp³-hybridized carbons (Fsp3) is 0.952. The van der Waals surface area contributed by atoms with E-state index in [-0.39, 0.29) is 12.4 Å². The van der Waals surface area contributed by atoms with Crippen molar-refractivity contribution in [3.05, 3.63) is 0 Å². The van der Waals surface area contributed by atoms with Crippen LogP contribution in [0.3, 0.4) is 0 Å². The van der Waals surface area contributed by atoms with Gasteiger partial charge in [-0.05, 0) is 31.1 Å². The van der Waals surface area contributed by atoms with Crippen LogP contribution in [-0.2, 0) is 14.4 Å². The SMILES string of the molecule is CC(C)CC(=O)N1CCC(C2NOC(C3CNC4CNN(C5COC5)C4C3)N2)CC1. The number of ether oxygens (including phenoxy) is 1. The molecule has 5 unspecified atom stereocenters. The molecule has 5 rings (SSSR count). The van der Waals surface area contributed by atoms with Gasteiger partial charge in [0.2, 0.25) is 5.91 Å². The Hall–Kier alpha value is -0.810. The highest BCUT2D eigenvalue weighted by Crippen LogP contribution is 2.31. The van der Waals surface area contributed by atoms with Gasteiger partial charge in [-0.2, -0.15) is 5.48 Å². The number of amides is 1. The second-order valence-electron chi connectivity index (χ2n) is 10.2. The molecule has 0 saturated carbocycles. The summed E-state index contributed by atoms with van der Waals surface area (Å²) in [7, 11) is 0. The van der Waals surface area contributed by atoms with E-state index in [0.29, 0.717) is 48.2 Å². The molecule has 0 aromatic carbocycles. The van der Waals surface area contributed by atoms with Gasteiger partial charge in [-0.25, -0.2) is 5.01 Å². The number of carbonyl (C=O) groups is 1. The Labute approximate surface area is 179 Å². The molecular formula is C21H38N6O3. The molecule has 0 bridgehead atoms. The molecule has 5 aliphatic rings. The first-order valence-corrected chi connectivity index (χ1v) is 11.9. The van der Waals surface area contributed by atoms with Crippen molar-refractivity contribution in [2.45, 2.75) is 70.0 Å². The van der Waals surface area contributed by atoms with Crippen LogP contribution < -0.4 is 21.5 Å². The molecule has 9 heteroatoms. The number of piperidine rings is 2. The van der Waals surface area contributed by atoms with Crippen molar-refractivity contribution in [1.82, 2.24) is 31.4 Å². The predicted octanol–water partition coefficient (Wildman–Crippen LogP) is -0.387. The Balaban J connectivity index is 1.10. The first-order chi connectivity index (χ1) is 14.6. The second-order valence-corrected chi connectivity index (χ2v) is 10.2. The van der Waals surface area contributed by atoms with Crippen LogP contribution >= 0.6 is 0 Å². The number of likely N-dealkylation sites (tertiary alicyclic amines) is 1. The summed E-state index contributed by atoms with van der Waals surface area (Å²) in [6.45, 7) is 9.59. The molecule has 1 amide bonds. The lowest BCUT2D eigenvalue weighted by Crippen LogP contribution is -2.60. The van der Waals surface area contributed by atoms with Crippen LogP contribution in [0.2, 0.25) is 0 Å². The quantitative estimate of drug-likeness (QED) is 0.477. The van der Waals surface area contributed by atoms with Gasteiger partial charge >= 0.3 is 0 Å². The highest BCUT2D eigenvalue weighted by Gasteiger charge is 2.47. The van der Waals surface area contributed by atoms with E-state index in [1.165, 1.54) is 0 Å². The summed E-state index contributed by atoms with van der Waals surface area (Å²) in [4.78, 5) is 20.4. The number of nitrogens with zero attached hydrogens (tertiary/aromatic N) is 2. The van der Waals surface area contributed by atoms with Crippen molar-refractivity contribution in [2.24, 2.45) is 17.8 Å². The maximum Gasteiger partial charge on any atom is 0.222 e. The van der Waals surface area contributed by atoms with E-state index in [0.717, 1.165) is 58.7 Å². The number of hydrogen-bond donors (Lipinski definition) is 4. The van der Waals surface area contributed by atoms with Crippen molar-refractivity contribution < 1.29 is 14.4 Å². The molecule has 5 saturated heterocycles. The van der Waals surface area contributed by atoms with E-state index < -0.39 is 0 Å². The molecule has 5 atom stereocenters. The molecule has 170 valence electrons. The summed E-state index contributed by atoms with van der Waals surface area (Å²) in [5.41, 5.74) is 6.85. The van der Waals surface area contributed by atoms with E-state index in [9.17, 15) is 4.79 Å². The lowest BCUT2D eigenvalue weighted by molar-refractivity contribution is -0.133. The lowest BCUT2D eigenvalue weighted by Gasteiger charge is -2.42. The van der Waals surface area contributed by atoms with Gasteiger partial charge in [-0.15, -0.1) is 0 Å². The minimum Gasteiger partial charge on any atom is -0.378 e. The van der Waals surface area contributed by atoms with Gasteiger partial charge in [0, 0.05) is 50.6 Å². The molecule has 5 fully saturated rings. The summed E-state index contributed by atoms with van der Waals surface area (Å²) in [5.74, 6) is 1.66. The largest absolute Gasteiger partial charge is 0.378 e. The Kier molecular flexibility index (Phi) is 6.30. The van der Waals surface area contributed by atoms with E-state index >= 15 is 0 Å². The molecule has 0 spiro atoms. The second kappa shape index (κ2) is 8.97. The molecule has 0 aromatic heterocycles. The number of rotatable bonds is 5. The zero-order valence-electron chi connectivity index (χ0n) is 18.3. The van der Waals surface area contributed by atoms with Gasteiger partial charge in [0.25, 0.3) is 0 Å². The fourth-order valence-corrected chi connectivity index (χ4v) is 5.66. The fourth-order valence-electron chi connectivity index (χ4n) is 5.66. The molecule has 9 nitrogen and oxygen atoms in total. The third-order valence-electron chi connectivity index (χ3n) is 7.56. The highest BCUT2D eigenvalue weighted by molar-refractivity contribution is 5.76. The van der Waals surface area contributed by atoms with Crippen LogP contribution in [0.25, 0.3) is 0 Å².